The molecule has 0 saturated carbocycles. The van der Waals surface area contributed by atoms with E-state index < -0.39 is 10.0 Å². The van der Waals surface area contributed by atoms with Crippen LogP contribution < -0.4 is 15.3 Å². The normalized spacial score (nSPS) is 11.8. The largest absolute Gasteiger partial charge is 0.330 e. The van der Waals surface area contributed by atoms with Crippen LogP contribution in [0.5, 0.6) is 0 Å². The third-order valence-electron chi connectivity index (χ3n) is 1.92. The monoisotopic (exact) mass is 265 g/mol. The fraction of sp³-hybridized carbons (Fsp3) is 0.625. The lowest BCUT2D eigenvalue weighted by molar-refractivity contribution is 0.576. The molecule has 16 heavy (non-hydrogen) atoms. The second-order valence-electron chi connectivity index (χ2n) is 3.31. The van der Waals surface area contributed by atoms with Gasteiger partial charge in [-0.2, -0.15) is 0 Å². The lowest BCUT2D eigenvalue weighted by Gasteiger charge is -2.04. The van der Waals surface area contributed by atoms with E-state index in [-0.39, 0.29) is 17.2 Å². The summed E-state index contributed by atoms with van der Waals surface area (Å²) in [6.45, 7) is 0.622. The highest BCUT2D eigenvalue weighted by Crippen LogP contribution is 1.98. The number of thiazole rings is 1. The van der Waals surface area contributed by atoms with Gasteiger partial charge in [0.1, 0.15) is 0 Å². The summed E-state index contributed by atoms with van der Waals surface area (Å²) < 4.78 is 25.3. The Labute approximate surface area is 97.9 Å². The van der Waals surface area contributed by atoms with Crippen LogP contribution in [0.25, 0.3) is 0 Å². The average Bonchev–Trinajstić information content (AvgIpc) is 2.62. The smallest absolute Gasteiger partial charge is 0.304 e. The Morgan fingerprint density at radius 1 is 1.44 bits per heavy atom. The summed E-state index contributed by atoms with van der Waals surface area (Å²) >= 11 is 1.01. The molecule has 0 aliphatic heterocycles. The van der Waals surface area contributed by atoms with Gasteiger partial charge in [-0.25, -0.2) is 13.1 Å². The molecule has 0 saturated heterocycles. The van der Waals surface area contributed by atoms with E-state index in [0.29, 0.717) is 25.1 Å². The fourth-order valence-electron chi connectivity index (χ4n) is 1.10. The second-order valence-corrected chi connectivity index (χ2v) is 6.08. The van der Waals surface area contributed by atoms with Gasteiger partial charge in [0.15, 0.2) is 0 Å². The Kier molecular flexibility index (Phi) is 5.13. The molecule has 92 valence electrons. The lowest BCUT2D eigenvalue weighted by Crippen LogP contribution is -2.26. The molecule has 0 spiro atoms. The molecule has 0 radical (unpaired) electrons. The van der Waals surface area contributed by atoms with E-state index in [2.05, 4.69) is 9.71 Å². The lowest BCUT2D eigenvalue weighted by atomic mass is 10.3. The van der Waals surface area contributed by atoms with Crippen molar-refractivity contribution in [3.8, 4) is 0 Å². The van der Waals surface area contributed by atoms with Crippen LogP contribution in [0.4, 0.5) is 0 Å². The topological polar surface area (TPSA) is 105 Å². The molecule has 1 rings (SSSR count). The van der Waals surface area contributed by atoms with Crippen molar-refractivity contribution in [3.63, 3.8) is 0 Å². The van der Waals surface area contributed by atoms with Crippen molar-refractivity contribution < 1.29 is 8.42 Å². The molecule has 0 unspecified atom stereocenters. The number of unbranched alkanes of at least 4 members (excludes halogenated alkanes) is 1. The van der Waals surface area contributed by atoms with Gasteiger partial charge >= 0.3 is 4.87 Å². The van der Waals surface area contributed by atoms with Crippen molar-refractivity contribution in [2.45, 2.75) is 19.4 Å². The number of sulfonamides is 1. The van der Waals surface area contributed by atoms with Gasteiger partial charge in [0.05, 0.1) is 12.3 Å². The van der Waals surface area contributed by atoms with E-state index in [9.17, 15) is 13.2 Å². The van der Waals surface area contributed by atoms with Gasteiger partial charge in [0.2, 0.25) is 10.0 Å². The van der Waals surface area contributed by atoms with Crippen LogP contribution in [-0.4, -0.2) is 25.7 Å². The maximum atomic E-state index is 11.4. The minimum absolute atomic E-state index is 0.0680. The highest BCUT2D eigenvalue weighted by Gasteiger charge is 2.09. The average molecular weight is 265 g/mol. The maximum absolute atomic E-state index is 11.4. The van der Waals surface area contributed by atoms with Crippen molar-refractivity contribution in [1.29, 1.82) is 0 Å². The Morgan fingerprint density at radius 3 is 2.75 bits per heavy atom. The van der Waals surface area contributed by atoms with E-state index in [1.165, 1.54) is 0 Å². The van der Waals surface area contributed by atoms with E-state index >= 15 is 0 Å². The first-order valence-electron chi connectivity index (χ1n) is 4.87. The van der Waals surface area contributed by atoms with Crippen LogP contribution >= 0.6 is 11.3 Å². The van der Waals surface area contributed by atoms with Crippen molar-refractivity contribution in [1.82, 2.24) is 9.71 Å². The van der Waals surface area contributed by atoms with E-state index in [0.717, 1.165) is 11.3 Å². The molecule has 1 heterocycles. The number of aromatic nitrogens is 1. The van der Waals surface area contributed by atoms with Crippen molar-refractivity contribution in [2.24, 2.45) is 5.73 Å². The van der Waals surface area contributed by atoms with Crippen molar-refractivity contribution in [3.05, 3.63) is 20.7 Å². The minimum atomic E-state index is -3.27. The number of hydrogen-bond acceptors (Lipinski definition) is 5. The second kappa shape index (κ2) is 6.14. The van der Waals surface area contributed by atoms with E-state index in [1.807, 2.05) is 0 Å². The molecule has 0 atom stereocenters. The number of rotatable bonds is 7. The first-order chi connectivity index (χ1) is 7.53. The predicted octanol–water partition coefficient (Wildman–Crippen LogP) is -0.405. The van der Waals surface area contributed by atoms with Crippen LogP contribution in [-0.2, 0) is 16.6 Å². The highest BCUT2D eigenvalue weighted by molar-refractivity contribution is 7.89. The van der Waals surface area contributed by atoms with Gasteiger partial charge in [0, 0.05) is 11.1 Å². The number of nitrogens with one attached hydrogen (secondary N) is 2. The Bertz CT molecular complexity index is 463. The van der Waals surface area contributed by atoms with Gasteiger partial charge in [-0.15, -0.1) is 0 Å². The molecular formula is C8H15N3O3S2. The zero-order valence-electron chi connectivity index (χ0n) is 8.73. The van der Waals surface area contributed by atoms with Crippen molar-refractivity contribution in [2.75, 3.05) is 12.3 Å². The van der Waals surface area contributed by atoms with Gasteiger partial charge < -0.3 is 10.7 Å². The quantitative estimate of drug-likeness (QED) is 0.583. The Hall–Kier alpha value is -0.700. The van der Waals surface area contributed by atoms with E-state index in [1.54, 1.807) is 5.38 Å². The predicted molar refractivity (Wildman–Crippen MR) is 63.9 cm³/mol. The molecule has 4 N–H and O–H groups in total. The first kappa shape index (κ1) is 13.4. The molecule has 0 aromatic carbocycles. The number of nitrogens with two attached hydrogens (primary N) is 1. The van der Waals surface area contributed by atoms with Crippen molar-refractivity contribution >= 4 is 21.4 Å². The summed E-state index contributed by atoms with van der Waals surface area (Å²) in [6.07, 6.45) is 1.24. The molecule has 1 aromatic heterocycles. The Balaban J connectivity index is 2.39. The number of H-pyrrole nitrogens is 1. The standard InChI is InChI=1S/C8H15N3O3S2/c9-3-1-2-4-16(13,14)10-5-7-6-15-8(12)11-7/h6,10H,1-5,9H2,(H,11,12). The van der Waals surface area contributed by atoms with Gasteiger partial charge in [-0.05, 0) is 19.4 Å². The highest BCUT2D eigenvalue weighted by atomic mass is 32.2. The summed E-state index contributed by atoms with van der Waals surface area (Å²) in [6, 6.07) is 0. The molecule has 0 aliphatic rings. The molecule has 6 nitrogen and oxygen atoms in total. The summed E-state index contributed by atoms with van der Waals surface area (Å²) in [7, 11) is -3.27. The Morgan fingerprint density at radius 2 is 2.19 bits per heavy atom. The molecule has 8 heteroatoms. The zero-order valence-corrected chi connectivity index (χ0v) is 10.4. The first-order valence-corrected chi connectivity index (χ1v) is 7.41. The van der Waals surface area contributed by atoms with Crippen LogP contribution in [0, 0.1) is 0 Å². The van der Waals surface area contributed by atoms with Crippen LogP contribution in [0.15, 0.2) is 10.2 Å². The molecule has 1 aromatic rings. The third kappa shape index (κ3) is 4.88. The van der Waals surface area contributed by atoms with Gasteiger partial charge in [0.25, 0.3) is 0 Å². The molecule has 0 aliphatic carbocycles. The zero-order chi connectivity index (χ0) is 12.0. The SMILES string of the molecule is NCCCCS(=O)(=O)NCc1csc(=O)[nH]1. The van der Waals surface area contributed by atoms with Crippen LogP contribution in [0.3, 0.4) is 0 Å². The van der Waals surface area contributed by atoms with Gasteiger partial charge in [-0.3, -0.25) is 4.79 Å². The summed E-state index contributed by atoms with van der Waals surface area (Å²) in [5.41, 5.74) is 5.85. The summed E-state index contributed by atoms with van der Waals surface area (Å²) in [5, 5.41) is 1.60. The molecule has 0 fully saturated rings. The maximum Gasteiger partial charge on any atom is 0.304 e. The molecule has 0 bridgehead atoms. The van der Waals surface area contributed by atoms with Crippen LogP contribution in [0.1, 0.15) is 18.5 Å². The number of hydrogen-bond donors (Lipinski definition) is 3. The fourth-order valence-corrected chi connectivity index (χ4v) is 2.78. The summed E-state index contributed by atoms with van der Waals surface area (Å²) in [5.74, 6) is 0.0680. The number of aromatic amines is 1. The minimum Gasteiger partial charge on any atom is -0.330 e. The molecular weight excluding hydrogens is 250 g/mol. The third-order valence-corrected chi connectivity index (χ3v) is 4.05. The van der Waals surface area contributed by atoms with Crippen LogP contribution in [0.2, 0.25) is 0 Å². The summed E-state index contributed by atoms with van der Waals surface area (Å²) in [4.78, 5) is 13.1. The van der Waals surface area contributed by atoms with Gasteiger partial charge in [-0.1, -0.05) is 11.3 Å². The molecule has 0 amide bonds. The van der Waals surface area contributed by atoms with E-state index in [4.69, 9.17) is 5.73 Å².